The zero-order chi connectivity index (χ0) is 21.5. The van der Waals surface area contributed by atoms with Crippen molar-refractivity contribution >= 4 is 17.8 Å². The summed E-state index contributed by atoms with van der Waals surface area (Å²) in [5.41, 5.74) is 0.796. The van der Waals surface area contributed by atoms with Crippen molar-refractivity contribution in [1.82, 2.24) is 15.5 Å². The minimum absolute atomic E-state index is 0.0751. The number of nitrogens with zero attached hydrogens (tertiary/aromatic N) is 1. The molecule has 1 aromatic rings. The standard InChI is InChI=1S/C24H33N3O3/c1-4-5-16-7-10-19(11-8-16)24(3)22(29)27(23(30)26-24)14-21(28)25-15(2)20-13-17-6-9-18(20)12-17/h7-8,10-11,15,17-18,20H,4-6,9,12-14H2,1-3H3,(H,25,28)(H,26,30). The lowest BCUT2D eigenvalue weighted by atomic mass is 9.84. The number of benzene rings is 1. The highest BCUT2D eigenvalue weighted by molar-refractivity contribution is 6.09. The minimum Gasteiger partial charge on any atom is -0.352 e. The number of hydrogen-bond donors (Lipinski definition) is 2. The van der Waals surface area contributed by atoms with Gasteiger partial charge in [0.05, 0.1) is 0 Å². The first-order valence-electron chi connectivity index (χ1n) is 11.3. The summed E-state index contributed by atoms with van der Waals surface area (Å²) in [6, 6.07) is 7.34. The smallest absolute Gasteiger partial charge is 0.325 e. The lowest BCUT2D eigenvalue weighted by Crippen LogP contribution is -2.47. The number of nitrogens with one attached hydrogen (secondary N) is 2. The molecule has 0 aromatic heterocycles. The molecule has 0 spiro atoms. The molecule has 3 aliphatic rings. The summed E-state index contributed by atoms with van der Waals surface area (Å²) in [6.45, 7) is 5.64. The number of hydrogen-bond acceptors (Lipinski definition) is 3. The molecule has 1 aliphatic heterocycles. The maximum absolute atomic E-state index is 13.1. The van der Waals surface area contributed by atoms with Gasteiger partial charge in [0.25, 0.3) is 5.91 Å². The molecule has 2 bridgehead atoms. The van der Waals surface area contributed by atoms with E-state index in [4.69, 9.17) is 0 Å². The third-order valence-corrected chi connectivity index (χ3v) is 7.47. The van der Waals surface area contributed by atoms with E-state index >= 15 is 0 Å². The monoisotopic (exact) mass is 411 g/mol. The Kier molecular flexibility index (Phi) is 5.60. The summed E-state index contributed by atoms with van der Waals surface area (Å²) in [5, 5.41) is 5.84. The number of urea groups is 1. The van der Waals surface area contributed by atoms with Gasteiger partial charge in [-0.05, 0) is 68.4 Å². The van der Waals surface area contributed by atoms with E-state index in [0.29, 0.717) is 11.8 Å². The van der Waals surface area contributed by atoms with Gasteiger partial charge in [-0.15, -0.1) is 0 Å². The Hall–Kier alpha value is -2.37. The molecular weight excluding hydrogens is 378 g/mol. The van der Waals surface area contributed by atoms with Crippen LogP contribution in [-0.2, 0) is 21.5 Å². The van der Waals surface area contributed by atoms with E-state index in [1.54, 1.807) is 6.92 Å². The number of carbonyl (C=O) groups excluding carboxylic acids is 3. The summed E-state index contributed by atoms with van der Waals surface area (Å²) in [4.78, 5) is 39.3. The van der Waals surface area contributed by atoms with Crippen molar-refractivity contribution in [2.24, 2.45) is 17.8 Å². The van der Waals surface area contributed by atoms with Crippen LogP contribution >= 0.6 is 0 Å². The molecule has 0 radical (unpaired) electrons. The molecule has 6 nitrogen and oxygen atoms in total. The van der Waals surface area contributed by atoms with Crippen LogP contribution in [0.3, 0.4) is 0 Å². The lowest BCUT2D eigenvalue weighted by Gasteiger charge is -2.29. The Bertz CT molecular complexity index is 837. The Labute approximate surface area is 178 Å². The van der Waals surface area contributed by atoms with E-state index < -0.39 is 11.6 Å². The first-order chi connectivity index (χ1) is 14.3. The van der Waals surface area contributed by atoms with Crippen LogP contribution in [0.2, 0.25) is 0 Å². The van der Waals surface area contributed by atoms with Crippen molar-refractivity contribution < 1.29 is 14.4 Å². The molecule has 4 rings (SSSR count). The Morgan fingerprint density at radius 3 is 2.57 bits per heavy atom. The molecule has 1 heterocycles. The lowest BCUT2D eigenvalue weighted by molar-refractivity contribution is -0.135. The number of imide groups is 1. The van der Waals surface area contributed by atoms with Crippen molar-refractivity contribution in [2.45, 2.75) is 70.9 Å². The molecule has 2 N–H and O–H groups in total. The number of amides is 4. The van der Waals surface area contributed by atoms with E-state index in [0.717, 1.165) is 29.2 Å². The van der Waals surface area contributed by atoms with Gasteiger partial charge in [-0.3, -0.25) is 14.5 Å². The van der Waals surface area contributed by atoms with E-state index in [9.17, 15) is 14.4 Å². The molecule has 6 heteroatoms. The Morgan fingerprint density at radius 2 is 1.97 bits per heavy atom. The fourth-order valence-electron chi connectivity index (χ4n) is 5.79. The quantitative estimate of drug-likeness (QED) is 0.676. The van der Waals surface area contributed by atoms with Crippen molar-refractivity contribution in [2.75, 3.05) is 6.54 Å². The second-order valence-electron chi connectivity index (χ2n) is 9.59. The van der Waals surface area contributed by atoms with Crippen LogP contribution in [0.5, 0.6) is 0 Å². The average Bonchev–Trinajstić information content (AvgIpc) is 3.40. The normalized spacial score (nSPS) is 31.2. The Balaban J connectivity index is 1.39. The van der Waals surface area contributed by atoms with Crippen molar-refractivity contribution in [3.8, 4) is 0 Å². The molecule has 5 unspecified atom stereocenters. The second-order valence-corrected chi connectivity index (χ2v) is 9.59. The van der Waals surface area contributed by atoms with Crippen molar-refractivity contribution in [3.05, 3.63) is 35.4 Å². The summed E-state index contributed by atoms with van der Waals surface area (Å²) < 4.78 is 0. The largest absolute Gasteiger partial charge is 0.352 e. The summed E-state index contributed by atoms with van der Waals surface area (Å²) >= 11 is 0. The van der Waals surface area contributed by atoms with Crippen LogP contribution in [-0.4, -0.2) is 35.3 Å². The minimum atomic E-state index is -1.14. The fraction of sp³-hybridized carbons (Fsp3) is 0.625. The number of fused-ring (bicyclic) bond motifs is 2. The van der Waals surface area contributed by atoms with Crippen LogP contribution in [0.1, 0.15) is 64.0 Å². The molecule has 2 aliphatic carbocycles. The zero-order valence-corrected chi connectivity index (χ0v) is 18.2. The van der Waals surface area contributed by atoms with E-state index in [2.05, 4.69) is 24.5 Å². The molecule has 1 aromatic carbocycles. The molecule has 4 amide bonds. The van der Waals surface area contributed by atoms with E-state index in [1.165, 1.54) is 31.2 Å². The molecule has 5 atom stereocenters. The highest BCUT2D eigenvalue weighted by atomic mass is 16.2. The molecule has 162 valence electrons. The first kappa shape index (κ1) is 20.9. The highest BCUT2D eigenvalue weighted by Crippen LogP contribution is 2.49. The summed E-state index contributed by atoms with van der Waals surface area (Å²) in [7, 11) is 0. The van der Waals surface area contributed by atoms with Gasteiger partial charge in [0.2, 0.25) is 5.91 Å². The van der Waals surface area contributed by atoms with Gasteiger partial charge in [0.1, 0.15) is 12.1 Å². The van der Waals surface area contributed by atoms with Gasteiger partial charge >= 0.3 is 6.03 Å². The number of rotatable bonds is 7. The predicted molar refractivity (Wildman–Crippen MR) is 115 cm³/mol. The maximum Gasteiger partial charge on any atom is 0.325 e. The zero-order valence-electron chi connectivity index (χ0n) is 18.2. The van der Waals surface area contributed by atoms with Crippen LogP contribution in [0.4, 0.5) is 4.79 Å². The molecule has 1 saturated heterocycles. The first-order valence-corrected chi connectivity index (χ1v) is 11.3. The number of carbonyl (C=O) groups is 3. The van der Waals surface area contributed by atoms with Crippen molar-refractivity contribution in [1.29, 1.82) is 0 Å². The van der Waals surface area contributed by atoms with Gasteiger partial charge in [-0.2, -0.15) is 0 Å². The van der Waals surface area contributed by atoms with Gasteiger partial charge in [-0.25, -0.2) is 4.79 Å². The summed E-state index contributed by atoms with van der Waals surface area (Å²) in [6.07, 6.45) is 7.08. The van der Waals surface area contributed by atoms with Crippen LogP contribution in [0.25, 0.3) is 0 Å². The SMILES string of the molecule is CCCc1ccc(C2(C)NC(=O)N(CC(=O)NC(C)C3CC4CCC3C4)C2=O)cc1. The third-order valence-electron chi connectivity index (χ3n) is 7.47. The predicted octanol–water partition coefficient (Wildman–Crippen LogP) is 3.35. The number of aryl methyl sites for hydroxylation is 1. The maximum atomic E-state index is 13.1. The topological polar surface area (TPSA) is 78.5 Å². The Morgan fingerprint density at radius 1 is 1.23 bits per heavy atom. The fourth-order valence-corrected chi connectivity index (χ4v) is 5.79. The van der Waals surface area contributed by atoms with Crippen LogP contribution < -0.4 is 10.6 Å². The molecule has 3 fully saturated rings. The van der Waals surface area contributed by atoms with Gasteiger partial charge in [-0.1, -0.05) is 44.0 Å². The second kappa shape index (κ2) is 8.05. The van der Waals surface area contributed by atoms with Gasteiger partial charge < -0.3 is 10.6 Å². The third kappa shape index (κ3) is 3.72. The highest BCUT2D eigenvalue weighted by Gasteiger charge is 2.49. The summed E-state index contributed by atoms with van der Waals surface area (Å²) in [5.74, 6) is 1.40. The molecule has 30 heavy (non-hydrogen) atoms. The van der Waals surface area contributed by atoms with Crippen molar-refractivity contribution in [3.63, 3.8) is 0 Å². The van der Waals surface area contributed by atoms with Crippen LogP contribution in [0, 0.1) is 17.8 Å². The molecular formula is C24H33N3O3. The van der Waals surface area contributed by atoms with Gasteiger partial charge in [0, 0.05) is 6.04 Å². The van der Waals surface area contributed by atoms with E-state index in [1.807, 2.05) is 24.3 Å². The van der Waals surface area contributed by atoms with E-state index in [-0.39, 0.29) is 24.4 Å². The molecule has 2 saturated carbocycles. The van der Waals surface area contributed by atoms with Gasteiger partial charge in [0.15, 0.2) is 0 Å². The average molecular weight is 412 g/mol. The van der Waals surface area contributed by atoms with Crippen LogP contribution in [0.15, 0.2) is 24.3 Å².